The van der Waals surface area contributed by atoms with Crippen molar-refractivity contribution >= 4 is 22.7 Å². The molecule has 7 nitrogen and oxygen atoms in total. The van der Waals surface area contributed by atoms with Crippen LogP contribution in [0.3, 0.4) is 0 Å². The minimum atomic E-state index is -0.324. The van der Waals surface area contributed by atoms with Crippen molar-refractivity contribution in [2.45, 2.75) is 26.7 Å². The molecule has 0 saturated heterocycles. The van der Waals surface area contributed by atoms with Crippen LogP contribution < -0.4 is 20.9 Å². The van der Waals surface area contributed by atoms with Gasteiger partial charge in [0.2, 0.25) is 5.95 Å². The van der Waals surface area contributed by atoms with Gasteiger partial charge in [0.05, 0.1) is 24.4 Å². The lowest BCUT2D eigenvalue weighted by Crippen LogP contribution is -2.11. The number of pyridine rings is 1. The largest absolute Gasteiger partial charge is 0.493 e. The minimum absolute atomic E-state index is 0.136. The second-order valence-electron chi connectivity index (χ2n) is 6.07. The third kappa shape index (κ3) is 4.33. The molecule has 0 amide bonds. The number of halogens is 1. The van der Waals surface area contributed by atoms with Crippen molar-refractivity contribution in [1.29, 1.82) is 0 Å². The number of ether oxygens (including phenoxy) is 2. The normalized spacial score (nSPS) is 10.9. The lowest BCUT2D eigenvalue weighted by molar-refractivity contribution is 0.247. The predicted octanol–water partition coefficient (Wildman–Crippen LogP) is 3.05. The van der Waals surface area contributed by atoms with Crippen LogP contribution in [0.4, 0.5) is 16.2 Å². The summed E-state index contributed by atoms with van der Waals surface area (Å²) in [6.45, 7) is 4.60. The maximum atomic E-state index is 13.4. The number of aromatic nitrogens is 3. The van der Waals surface area contributed by atoms with Gasteiger partial charge >= 0.3 is 0 Å². The van der Waals surface area contributed by atoms with Crippen LogP contribution in [-0.2, 0) is 6.42 Å². The number of hydrogen-bond donors (Lipinski definition) is 2. The van der Waals surface area contributed by atoms with Gasteiger partial charge in [0.25, 0.3) is 0 Å². The van der Waals surface area contributed by atoms with E-state index in [4.69, 9.17) is 20.9 Å². The van der Waals surface area contributed by atoms with Crippen LogP contribution in [0, 0.1) is 12.7 Å². The molecule has 0 radical (unpaired) electrons. The summed E-state index contributed by atoms with van der Waals surface area (Å²) in [5.74, 6) is 1.18. The van der Waals surface area contributed by atoms with Crippen LogP contribution >= 0.6 is 0 Å². The molecule has 0 aliphatic heterocycles. The van der Waals surface area contributed by atoms with Crippen LogP contribution in [0.5, 0.6) is 11.5 Å². The SMILES string of the molecule is CCc1nc(N)nc(N)c1OCCCOc1cc(C)nc2cc(F)ccc12. The van der Waals surface area contributed by atoms with E-state index in [1.54, 1.807) is 6.07 Å². The molecular weight excluding hydrogens is 349 g/mol. The Hall–Kier alpha value is -3.16. The van der Waals surface area contributed by atoms with E-state index in [2.05, 4.69) is 15.0 Å². The first-order valence-corrected chi connectivity index (χ1v) is 8.72. The fourth-order valence-corrected chi connectivity index (χ4v) is 2.76. The zero-order valence-corrected chi connectivity index (χ0v) is 15.3. The molecule has 0 aliphatic carbocycles. The van der Waals surface area contributed by atoms with E-state index < -0.39 is 0 Å². The number of anilines is 2. The summed E-state index contributed by atoms with van der Waals surface area (Å²) in [4.78, 5) is 12.4. The highest BCUT2D eigenvalue weighted by atomic mass is 19.1. The highest BCUT2D eigenvalue weighted by Crippen LogP contribution is 2.27. The van der Waals surface area contributed by atoms with E-state index in [9.17, 15) is 4.39 Å². The van der Waals surface area contributed by atoms with Crippen molar-refractivity contribution in [3.63, 3.8) is 0 Å². The summed E-state index contributed by atoms with van der Waals surface area (Å²) < 4.78 is 25.0. The number of nitrogens with two attached hydrogens (primary N) is 2. The quantitative estimate of drug-likeness (QED) is 0.614. The van der Waals surface area contributed by atoms with Gasteiger partial charge in [0, 0.05) is 29.6 Å². The molecule has 2 aromatic heterocycles. The molecule has 2 heterocycles. The Morgan fingerprint density at radius 1 is 1.04 bits per heavy atom. The topological polar surface area (TPSA) is 109 Å². The molecule has 1 aromatic carbocycles. The van der Waals surface area contributed by atoms with E-state index in [1.165, 1.54) is 12.1 Å². The smallest absolute Gasteiger partial charge is 0.222 e. The van der Waals surface area contributed by atoms with Crippen molar-refractivity contribution < 1.29 is 13.9 Å². The van der Waals surface area contributed by atoms with E-state index in [0.29, 0.717) is 48.8 Å². The molecule has 142 valence electrons. The Balaban J connectivity index is 1.61. The Bertz CT molecular complexity index is 959. The molecule has 0 bridgehead atoms. The number of rotatable bonds is 7. The van der Waals surface area contributed by atoms with Crippen molar-refractivity contribution in [2.75, 3.05) is 24.7 Å². The van der Waals surface area contributed by atoms with Gasteiger partial charge < -0.3 is 20.9 Å². The Morgan fingerprint density at radius 2 is 1.81 bits per heavy atom. The number of nitrogens with zero attached hydrogens (tertiary/aromatic N) is 3. The molecule has 8 heteroatoms. The first kappa shape index (κ1) is 18.6. The third-order valence-corrected chi connectivity index (χ3v) is 3.97. The fourth-order valence-electron chi connectivity index (χ4n) is 2.76. The van der Waals surface area contributed by atoms with Crippen LogP contribution in [0.1, 0.15) is 24.7 Å². The average Bonchev–Trinajstić information content (AvgIpc) is 2.61. The Kier molecular flexibility index (Phi) is 5.54. The summed E-state index contributed by atoms with van der Waals surface area (Å²) >= 11 is 0. The minimum Gasteiger partial charge on any atom is -0.493 e. The summed E-state index contributed by atoms with van der Waals surface area (Å²) in [5.41, 5.74) is 13.5. The summed E-state index contributed by atoms with van der Waals surface area (Å²) in [5, 5.41) is 0.771. The van der Waals surface area contributed by atoms with Gasteiger partial charge in [-0.15, -0.1) is 0 Å². The molecule has 0 fully saturated rings. The first-order valence-electron chi connectivity index (χ1n) is 8.72. The van der Waals surface area contributed by atoms with E-state index >= 15 is 0 Å². The van der Waals surface area contributed by atoms with Gasteiger partial charge in [-0.1, -0.05) is 6.92 Å². The fraction of sp³-hybridized carbons (Fsp3) is 0.316. The average molecular weight is 371 g/mol. The maximum absolute atomic E-state index is 13.4. The van der Waals surface area contributed by atoms with Gasteiger partial charge in [-0.2, -0.15) is 4.98 Å². The van der Waals surface area contributed by atoms with Crippen LogP contribution in [0.25, 0.3) is 10.9 Å². The monoisotopic (exact) mass is 371 g/mol. The molecule has 4 N–H and O–H groups in total. The highest BCUT2D eigenvalue weighted by Gasteiger charge is 2.12. The van der Waals surface area contributed by atoms with Crippen LogP contribution in [0.15, 0.2) is 24.3 Å². The van der Waals surface area contributed by atoms with E-state index in [1.807, 2.05) is 19.9 Å². The summed E-state index contributed by atoms with van der Waals surface area (Å²) in [7, 11) is 0. The zero-order valence-electron chi connectivity index (χ0n) is 15.3. The van der Waals surface area contributed by atoms with E-state index in [-0.39, 0.29) is 17.6 Å². The Morgan fingerprint density at radius 3 is 2.59 bits per heavy atom. The number of aryl methyl sites for hydroxylation is 2. The molecule has 27 heavy (non-hydrogen) atoms. The maximum Gasteiger partial charge on any atom is 0.222 e. The number of hydrogen-bond acceptors (Lipinski definition) is 7. The third-order valence-electron chi connectivity index (χ3n) is 3.97. The molecule has 3 rings (SSSR count). The number of fused-ring (bicyclic) bond motifs is 1. The van der Waals surface area contributed by atoms with Gasteiger partial charge in [0.15, 0.2) is 11.6 Å². The van der Waals surface area contributed by atoms with Crippen molar-refractivity contribution in [2.24, 2.45) is 0 Å². The van der Waals surface area contributed by atoms with Crippen molar-refractivity contribution in [3.8, 4) is 11.5 Å². The van der Waals surface area contributed by atoms with Gasteiger partial charge in [-0.3, -0.25) is 4.98 Å². The first-order chi connectivity index (χ1) is 13.0. The molecule has 0 unspecified atom stereocenters. The number of nitrogen functional groups attached to an aromatic ring is 2. The lowest BCUT2D eigenvalue weighted by Gasteiger charge is -2.13. The second kappa shape index (κ2) is 8.03. The standard InChI is InChI=1S/C19H22FN5O2/c1-3-14-17(18(21)25-19(22)24-14)27-8-4-7-26-16-9-11(2)23-15-10-12(20)5-6-13(15)16/h5-6,9-10H,3-4,7-8H2,1-2H3,(H4,21,22,24,25). The molecule has 0 atom stereocenters. The molecule has 0 saturated carbocycles. The van der Waals surface area contributed by atoms with Crippen LogP contribution in [0.2, 0.25) is 0 Å². The molecular formula is C19H22FN5O2. The zero-order chi connectivity index (χ0) is 19.4. The molecule has 0 aliphatic rings. The summed E-state index contributed by atoms with van der Waals surface area (Å²) in [6.07, 6.45) is 1.26. The van der Waals surface area contributed by atoms with Gasteiger partial charge in [-0.05, 0) is 25.5 Å². The predicted molar refractivity (Wildman–Crippen MR) is 102 cm³/mol. The van der Waals surface area contributed by atoms with Crippen molar-refractivity contribution in [1.82, 2.24) is 15.0 Å². The second-order valence-corrected chi connectivity index (χ2v) is 6.07. The lowest BCUT2D eigenvalue weighted by atomic mass is 10.2. The number of benzene rings is 1. The van der Waals surface area contributed by atoms with E-state index in [0.717, 1.165) is 11.1 Å². The van der Waals surface area contributed by atoms with Crippen LogP contribution in [-0.4, -0.2) is 28.2 Å². The van der Waals surface area contributed by atoms with Gasteiger partial charge in [-0.25, -0.2) is 9.37 Å². The Labute approximate surface area is 156 Å². The highest BCUT2D eigenvalue weighted by molar-refractivity contribution is 5.85. The van der Waals surface area contributed by atoms with Crippen molar-refractivity contribution in [3.05, 3.63) is 41.5 Å². The summed E-state index contributed by atoms with van der Waals surface area (Å²) in [6, 6.07) is 6.30. The molecule has 0 spiro atoms. The van der Waals surface area contributed by atoms with Gasteiger partial charge in [0.1, 0.15) is 11.6 Å². The molecule has 3 aromatic rings.